The van der Waals surface area contributed by atoms with Crippen molar-refractivity contribution < 1.29 is 9.53 Å². The third-order valence-electron chi connectivity index (χ3n) is 3.54. The van der Waals surface area contributed by atoms with Gasteiger partial charge in [0.15, 0.2) is 0 Å². The van der Waals surface area contributed by atoms with E-state index >= 15 is 0 Å². The van der Waals surface area contributed by atoms with Crippen LogP contribution < -0.4 is 0 Å². The van der Waals surface area contributed by atoms with E-state index in [1.165, 1.54) is 7.11 Å². The first-order valence-electron chi connectivity index (χ1n) is 7.63. The van der Waals surface area contributed by atoms with Gasteiger partial charge in [0, 0.05) is 6.42 Å². The first-order chi connectivity index (χ1) is 10.0. The summed E-state index contributed by atoms with van der Waals surface area (Å²) >= 11 is 0. The minimum absolute atomic E-state index is 0.182. The summed E-state index contributed by atoms with van der Waals surface area (Å²) in [6.07, 6.45) is 8.62. The Morgan fingerprint density at radius 1 is 1.33 bits per heavy atom. The molecule has 0 radical (unpaired) electrons. The topological polar surface area (TPSA) is 26.3 Å². The summed E-state index contributed by atoms with van der Waals surface area (Å²) in [6, 6.07) is 8.05. The predicted octanol–water partition coefficient (Wildman–Crippen LogP) is 4.65. The highest BCUT2D eigenvalue weighted by atomic mass is 16.5. The number of rotatable bonds is 6. The summed E-state index contributed by atoms with van der Waals surface area (Å²) in [7, 11) is 1.44. The van der Waals surface area contributed by atoms with Crippen LogP contribution in [-0.4, -0.2) is 13.1 Å². The molecule has 2 heteroatoms. The molecule has 0 bridgehead atoms. The van der Waals surface area contributed by atoms with Gasteiger partial charge in [-0.05, 0) is 32.3 Å². The monoisotopic (exact) mass is 288 g/mol. The summed E-state index contributed by atoms with van der Waals surface area (Å²) in [5, 5.41) is 0. The molecule has 1 rings (SSSR count). The van der Waals surface area contributed by atoms with E-state index in [0.717, 1.165) is 36.8 Å². The number of aryl methyl sites for hydroxylation is 1. The standard InChI is InChI=1S/C17H22O2.C2H6/c1-5-6-7-8-12-17(3,16(18)19-4)15-11-9-10-14(2)13-15;1-2/h1,9-11,13H,6-8,12H2,2-4H3;1-2H3. The zero-order valence-electron chi connectivity index (χ0n) is 14.0. The van der Waals surface area contributed by atoms with Crippen LogP contribution >= 0.6 is 0 Å². The van der Waals surface area contributed by atoms with Crippen LogP contribution in [0.3, 0.4) is 0 Å². The second kappa shape index (κ2) is 10.0. The highest BCUT2D eigenvalue weighted by Crippen LogP contribution is 2.31. The van der Waals surface area contributed by atoms with Crippen molar-refractivity contribution in [3.63, 3.8) is 0 Å². The number of carbonyl (C=O) groups excluding carboxylic acids is 1. The lowest BCUT2D eigenvalue weighted by Crippen LogP contribution is -2.33. The van der Waals surface area contributed by atoms with Crippen molar-refractivity contribution in [3.05, 3.63) is 35.4 Å². The van der Waals surface area contributed by atoms with Crippen LogP contribution in [0.5, 0.6) is 0 Å². The highest BCUT2D eigenvalue weighted by molar-refractivity contribution is 5.82. The van der Waals surface area contributed by atoms with E-state index in [4.69, 9.17) is 11.2 Å². The first-order valence-corrected chi connectivity index (χ1v) is 7.63. The van der Waals surface area contributed by atoms with Gasteiger partial charge in [-0.25, -0.2) is 0 Å². The molecule has 0 N–H and O–H groups in total. The number of carbonyl (C=O) groups is 1. The molecule has 1 atom stereocenters. The molecule has 0 aliphatic carbocycles. The van der Waals surface area contributed by atoms with Crippen LogP contribution in [-0.2, 0) is 14.9 Å². The van der Waals surface area contributed by atoms with Crippen molar-refractivity contribution in [2.75, 3.05) is 7.11 Å². The van der Waals surface area contributed by atoms with E-state index in [-0.39, 0.29) is 5.97 Å². The van der Waals surface area contributed by atoms with Crippen molar-refractivity contribution in [1.82, 2.24) is 0 Å². The summed E-state index contributed by atoms with van der Waals surface area (Å²) in [4.78, 5) is 12.1. The summed E-state index contributed by atoms with van der Waals surface area (Å²) in [5.41, 5.74) is 1.58. The summed E-state index contributed by atoms with van der Waals surface area (Å²) in [6.45, 7) is 7.98. The van der Waals surface area contributed by atoms with Crippen LogP contribution in [0.4, 0.5) is 0 Å². The van der Waals surface area contributed by atoms with Crippen LogP contribution in [0.25, 0.3) is 0 Å². The van der Waals surface area contributed by atoms with Crippen LogP contribution in [0.2, 0.25) is 0 Å². The van der Waals surface area contributed by atoms with Crippen LogP contribution in [0.15, 0.2) is 24.3 Å². The van der Waals surface area contributed by atoms with E-state index < -0.39 is 5.41 Å². The second-order valence-corrected chi connectivity index (χ2v) is 5.10. The Labute approximate surface area is 129 Å². The van der Waals surface area contributed by atoms with Crippen LogP contribution in [0.1, 0.15) is 57.6 Å². The Balaban J connectivity index is 0.00000191. The average molecular weight is 288 g/mol. The molecule has 0 saturated carbocycles. The fourth-order valence-electron chi connectivity index (χ4n) is 2.28. The highest BCUT2D eigenvalue weighted by Gasteiger charge is 2.35. The van der Waals surface area contributed by atoms with Gasteiger partial charge in [0.2, 0.25) is 0 Å². The van der Waals surface area contributed by atoms with E-state index in [2.05, 4.69) is 12.0 Å². The zero-order valence-corrected chi connectivity index (χ0v) is 14.0. The van der Waals surface area contributed by atoms with Gasteiger partial charge in [-0.2, -0.15) is 0 Å². The molecule has 2 nitrogen and oxygen atoms in total. The quantitative estimate of drug-likeness (QED) is 0.433. The van der Waals surface area contributed by atoms with E-state index in [9.17, 15) is 4.79 Å². The van der Waals surface area contributed by atoms with Gasteiger partial charge in [-0.3, -0.25) is 4.79 Å². The molecule has 1 unspecified atom stereocenters. The molecule has 0 aromatic heterocycles. The fraction of sp³-hybridized carbons (Fsp3) is 0.526. The SMILES string of the molecule is C#CCCCCC(C)(C(=O)OC)c1cccc(C)c1.CC. The maximum atomic E-state index is 12.1. The molecule has 0 fully saturated rings. The molecule has 0 saturated heterocycles. The molecule has 1 aromatic rings. The Hall–Kier alpha value is -1.75. The molecule has 0 spiro atoms. The third kappa shape index (κ3) is 5.63. The summed E-state index contributed by atoms with van der Waals surface area (Å²) in [5.74, 6) is 2.45. The maximum Gasteiger partial charge on any atom is 0.315 e. The van der Waals surface area contributed by atoms with Crippen molar-refractivity contribution >= 4 is 5.97 Å². The Kier molecular flexibility index (Phi) is 9.21. The van der Waals surface area contributed by atoms with Crippen molar-refractivity contribution in [2.24, 2.45) is 0 Å². The van der Waals surface area contributed by atoms with Gasteiger partial charge in [-0.1, -0.05) is 50.1 Å². The van der Waals surface area contributed by atoms with Gasteiger partial charge in [-0.15, -0.1) is 12.3 Å². The molecule has 116 valence electrons. The molecule has 0 aliphatic heterocycles. The number of benzene rings is 1. The normalized spacial score (nSPS) is 12.4. The van der Waals surface area contributed by atoms with E-state index in [0.29, 0.717) is 0 Å². The lowest BCUT2D eigenvalue weighted by atomic mass is 9.77. The summed E-state index contributed by atoms with van der Waals surface area (Å²) < 4.78 is 4.99. The Bertz CT molecular complexity index is 471. The van der Waals surface area contributed by atoms with Crippen LogP contribution in [0, 0.1) is 19.3 Å². The van der Waals surface area contributed by atoms with Crippen molar-refractivity contribution in [3.8, 4) is 12.3 Å². The molecular weight excluding hydrogens is 260 g/mol. The van der Waals surface area contributed by atoms with E-state index in [1.54, 1.807) is 0 Å². The first kappa shape index (κ1) is 19.2. The fourth-order valence-corrected chi connectivity index (χ4v) is 2.28. The van der Waals surface area contributed by atoms with Crippen molar-refractivity contribution in [2.45, 2.75) is 58.8 Å². The lowest BCUT2D eigenvalue weighted by molar-refractivity contribution is -0.147. The van der Waals surface area contributed by atoms with Gasteiger partial charge >= 0.3 is 5.97 Å². The molecular formula is C19H28O2. The largest absolute Gasteiger partial charge is 0.468 e. The third-order valence-corrected chi connectivity index (χ3v) is 3.54. The number of ether oxygens (including phenoxy) is 1. The number of terminal acetylenes is 1. The Morgan fingerprint density at radius 3 is 2.52 bits per heavy atom. The van der Waals surface area contributed by atoms with Gasteiger partial charge in [0.05, 0.1) is 12.5 Å². The molecule has 0 amide bonds. The van der Waals surface area contributed by atoms with Crippen molar-refractivity contribution in [1.29, 1.82) is 0 Å². The number of esters is 1. The average Bonchev–Trinajstić information content (AvgIpc) is 2.52. The number of hydrogen-bond donors (Lipinski definition) is 0. The number of methoxy groups -OCH3 is 1. The van der Waals surface area contributed by atoms with Gasteiger partial charge in [0.25, 0.3) is 0 Å². The maximum absolute atomic E-state index is 12.1. The number of unbranched alkanes of at least 4 members (excludes halogenated alkanes) is 2. The Morgan fingerprint density at radius 2 is 2.00 bits per heavy atom. The van der Waals surface area contributed by atoms with E-state index in [1.807, 2.05) is 45.9 Å². The van der Waals surface area contributed by atoms with Gasteiger partial charge < -0.3 is 4.74 Å². The smallest absolute Gasteiger partial charge is 0.315 e. The van der Waals surface area contributed by atoms with Gasteiger partial charge in [0.1, 0.15) is 0 Å². The second-order valence-electron chi connectivity index (χ2n) is 5.10. The lowest BCUT2D eigenvalue weighted by Gasteiger charge is -2.27. The predicted molar refractivity (Wildman–Crippen MR) is 89.2 cm³/mol. The molecule has 0 heterocycles. The molecule has 0 aliphatic rings. The minimum atomic E-state index is -0.588. The molecule has 21 heavy (non-hydrogen) atoms. The molecule has 1 aromatic carbocycles. The zero-order chi connectivity index (χ0) is 16.3. The minimum Gasteiger partial charge on any atom is -0.468 e. The number of hydrogen-bond acceptors (Lipinski definition) is 2.